The van der Waals surface area contributed by atoms with Crippen molar-refractivity contribution in [3.63, 3.8) is 0 Å². The third-order valence-corrected chi connectivity index (χ3v) is 4.65. The molecule has 0 aliphatic heterocycles. The van der Waals surface area contributed by atoms with Gasteiger partial charge in [0.05, 0.1) is 29.5 Å². The molecule has 0 spiro atoms. The number of aliphatic carboxylic acids is 1. The molecule has 0 radical (unpaired) electrons. The van der Waals surface area contributed by atoms with Crippen LogP contribution in [-0.4, -0.2) is 36.6 Å². The number of hydrogen-bond donors (Lipinski definition) is 1. The minimum absolute atomic E-state index is 0.190. The second-order valence-electron chi connectivity index (χ2n) is 6.55. The van der Waals surface area contributed by atoms with Gasteiger partial charge in [0.25, 0.3) is 0 Å². The van der Waals surface area contributed by atoms with Crippen molar-refractivity contribution in [1.82, 2.24) is 0 Å². The SMILES string of the molecule is COc1ccc(CC(OC(C)C)C(=O)O)cc1/C=N/OCc1ccc(Cl)c(Cl)c1. The Kier molecular flexibility index (Phi) is 8.76. The summed E-state index contributed by atoms with van der Waals surface area (Å²) in [5.74, 6) is -0.415. The maximum absolute atomic E-state index is 11.4. The van der Waals surface area contributed by atoms with Crippen LogP contribution >= 0.6 is 23.2 Å². The van der Waals surface area contributed by atoms with Gasteiger partial charge in [-0.3, -0.25) is 0 Å². The Hall–Kier alpha value is -2.28. The average molecular weight is 440 g/mol. The number of ether oxygens (including phenoxy) is 2. The lowest BCUT2D eigenvalue weighted by atomic mass is 10.0. The Morgan fingerprint density at radius 1 is 1.14 bits per heavy atom. The number of nitrogens with zero attached hydrogens (tertiary/aromatic N) is 1. The number of carboxylic acid groups (broad SMARTS) is 1. The molecule has 0 aromatic heterocycles. The van der Waals surface area contributed by atoms with Gasteiger partial charge in [-0.25, -0.2) is 4.79 Å². The highest BCUT2D eigenvalue weighted by atomic mass is 35.5. The Morgan fingerprint density at radius 3 is 2.48 bits per heavy atom. The van der Waals surface area contributed by atoms with Crippen LogP contribution < -0.4 is 4.74 Å². The first-order valence-electron chi connectivity index (χ1n) is 8.94. The summed E-state index contributed by atoms with van der Waals surface area (Å²) in [5.41, 5.74) is 2.27. The third-order valence-electron chi connectivity index (χ3n) is 3.91. The van der Waals surface area contributed by atoms with Gasteiger partial charge in [-0.15, -0.1) is 0 Å². The van der Waals surface area contributed by atoms with Crippen LogP contribution in [0.1, 0.15) is 30.5 Å². The summed E-state index contributed by atoms with van der Waals surface area (Å²) in [4.78, 5) is 16.7. The van der Waals surface area contributed by atoms with E-state index in [1.165, 1.54) is 6.21 Å². The zero-order valence-electron chi connectivity index (χ0n) is 16.4. The molecule has 0 saturated heterocycles. The van der Waals surface area contributed by atoms with Crippen molar-refractivity contribution in [2.75, 3.05) is 7.11 Å². The minimum atomic E-state index is -1.00. The quantitative estimate of drug-likeness (QED) is 0.417. The summed E-state index contributed by atoms with van der Waals surface area (Å²) in [6, 6.07) is 10.5. The first-order valence-corrected chi connectivity index (χ1v) is 9.70. The molecule has 6 nitrogen and oxygen atoms in total. The first-order chi connectivity index (χ1) is 13.8. The number of rotatable bonds is 10. The third kappa shape index (κ3) is 7.24. The number of methoxy groups -OCH3 is 1. The van der Waals surface area contributed by atoms with Gasteiger partial charge < -0.3 is 19.4 Å². The number of oxime groups is 1. The Bertz CT molecular complexity index is 870. The van der Waals surface area contributed by atoms with Gasteiger partial charge in [0.1, 0.15) is 12.4 Å². The topological polar surface area (TPSA) is 77.4 Å². The molecule has 0 fully saturated rings. The zero-order valence-corrected chi connectivity index (χ0v) is 17.9. The van der Waals surface area contributed by atoms with E-state index in [2.05, 4.69) is 5.16 Å². The predicted molar refractivity (Wildman–Crippen MR) is 113 cm³/mol. The van der Waals surface area contributed by atoms with Gasteiger partial charge in [0.2, 0.25) is 0 Å². The Balaban J connectivity index is 2.08. The van der Waals surface area contributed by atoms with Crippen molar-refractivity contribution in [3.8, 4) is 5.75 Å². The summed E-state index contributed by atoms with van der Waals surface area (Å²) < 4.78 is 10.8. The molecule has 2 aromatic rings. The van der Waals surface area contributed by atoms with E-state index in [0.29, 0.717) is 21.4 Å². The van der Waals surface area contributed by atoms with Crippen LogP contribution in [0.15, 0.2) is 41.6 Å². The van der Waals surface area contributed by atoms with Gasteiger partial charge in [0.15, 0.2) is 6.10 Å². The predicted octanol–water partition coefficient (Wildman–Crippen LogP) is 4.97. The molecule has 156 valence electrons. The van der Waals surface area contributed by atoms with E-state index in [9.17, 15) is 9.90 Å². The average Bonchev–Trinajstić information content (AvgIpc) is 2.67. The van der Waals surface area contributed by atoms with Crippen LogP contribution in [0.2, 0.25) is 10.0 Å². The van der Waals surface area contributed by atoms with Crippen LogP contribution in [0.3, 0.4) is 0 Å². The first kappa shape index (κ1) is 23.0. The van der Waals surface area contributed by atoms with Crippen LogP contribution in [-0.2, 0) is 27.4 Å². The van der Waals surface area contributed by atoms with E-state index >= 15 is 0 Å². The van der Waals surface area contributed by atoms with Gasteiger partial charge in [-0.05, 0) is 49.2 Å². The zero-order chi connectivity index (χ0) is 21.4. The van der Waals surface area contributed by atoms with Gasteiger partial charge >= 0.3 is 5.97 Å². The van der Waals surface area contributed by atoms with Gasteiger partial charge in [-0.2, -0.15) is 0 Å². The minimum Gasteiger partial charge on any atom is -0.496 e. The number of benzene rings is 2. The lowest BCUT2D eigenvalue weighted by Gasteiger charge is -2.17. The molecule has 0 heterocycles. The van der Waals surface area contributed by atoms with Crippen molar-refractivity contribution in [2.45, 2.75) is 39.1 Å². The lowest BCUT2D eigenvalue weighted by Crippen LogP contribution is -2.29. The van der Waals surface area contributed by atoms with Crippen molar-refractivity contribution in [2.24, 2.45) is 5.16 Å². The fraction of sp³-hybridized carbons (Fsp3) is 0.333. The largest absolute Gasteiger partial charge is 0.496 e. The maximum atomic E-state index is 11.4. The van der Waals surface area contributed by atoms with Crippen molar-refractivity contribution < 1.29 is 24.2 Å². The van der Waals surface area contributed by atoms with E-state index in [-0.39, 0.29) is 19.1 Å². The smallest absolute Gasteiger partial charge is 0.333 e. The highest BCUT2D eigenvalue weighted by molar-refractivity contribution is 6.42. The number of carboxylic acids is 1. The summed E-state index contributed by atoms with van der Waals surface area (Å²) in [7, 11) is 1.55. The monoisotopic (exact) mass is 439 g/mol. The molecule has 0 aliphatic rings. The fourth-order valence-electron chi connectivity index (χ4n) is 2.58. The molecule has 2 rings (SSSR count). The summed E-state index contributed by atoms with van der Waals surface area (Å²) >= 11 is 11.9. The summed E-state index contributed by atoms with van der Waals surface area (Å²) in [6.07, 6.45) is 0.616. The molecule has 2 aromatic carbocycles. The van der Waals surface area contributed by atoms with Crippen molar-refractivity contribution >= 4 is 35.4 Å². The molecule has 1 N–H and O–H groups in total. The van der Waals surface area contributed by atoms with Gasteiger partial charge in [0, 0.05) is 12.0 Å². The molecule has 0 aliphatic carbocycles. The van der Waals surface area contributed by atoms with Crippen LogP contribution in [0.4, 0.5) is 0 Å². The van der Waals surface area contributed by atoms with Gasteiger partial charge in [-0.1, -0.05) is 40.5 Å². The molecule has 0 saturated carbocycles. The maximum Gasteiger partial charge on any atom is 0.333 e. The standard InChI is InChI=1S/C21H23Cl2NO5/c1-13(2)29-20(21(25)26)10-14-5-7-19(27-3)16(8-14)11-24-28-12-15-4-6-17(22)18(23)9-15/h4-9,11,13,20H,10,12H2,1-3H3,(H,25,26)/b24-11+. The van der Waals surface area contributed by atoms with Crippen molar-refractivity contribution in [3.05, 3.63) is 63.1 Å². The number of hydrogen-bond acceptors (Lipinski definition) is 5. The van der Waals surface area contributed by atoms with Crippen LogP contribution in [0.5, 0.6) is 5.75 Å². The van der Waals surface area contributed by atoms with Crippen molar-refractivity contribution in [1.29, 1.82) is 0 Å². The second kappa shape index (κ2) is 11.0. The normalized spacial score (nSPS) is 12.3. The number of halogens is 2. The van der Waals surface area contributed by atoms with E-state index in [4.69, 9.17) is 37.5 Å². The van der Waals surface area contributed by atoms with Crippen LogP contribution in [0, 0.1) is 0 Å². The Morgan fingerprint density at radius 2 is 1.86 bits per heavy atom. The van der Waals surface area contributed by atoms with E-state index in [1.54, 1.807) is 57.4 Å². The second-order valence-corrected chi connectivity index (χ2v) is 7.36. The van der Waals surface area contributed by atoms with Crippen LogP contribution in [0.25, 0.3) is 0 Å². The molecule has 0 bridgehead atoms. The number of carbonyl (C=O) groups is 1. The molecular weight excluding hydrogens is 417 g/mol. The highest BCUT2D eigenvalue weighted by Crippen LogP contribution is 2.23. The molecule has 1 unspecified atom stereocenters. The fourth-order valence-corrected chi connectivity index (χ4v) is 2.90. The molecule has 29 heavy (non-hydrogen) atoms. The van der Waals surface area contributed by atoms with E-state index < -0.39 is 12.1 Å². The summed E-state index contributed by atoms with van der Waals surface area (Å²) in [5, 5.41) is 14.3. The van der Waals surface area contributed by atoms with E-state index in [1.807, 2.05) is 0 Å². The summed E-state index contributed by atoms with van der Waals surface area (Å²) in [6.45, 7) is 3.82. The molecule has 8 heteroatoms. The van der Waals surface area contributed by atoms with E-state index in [0.717, 1.165) is 11.1 Å². The Labute approximate surface area is 180 Å². The molecule has 1 atom stereocenters. The molecular formula is C21H23Cl2NO5. The lowest BCUT2D eigenvalue weighted by molar-refractivity contribution is -0.153. The highest BCUT2D eigenvalue weighted by Gasteiger charge is 2.20. The molecule has 0 amide bonds.